The van der Waals surface area contributed by atoms with E-state index in [0.717, 1.165) is 41.9 Å². The zero-order chi connectivity index (χ0) is 34.5. The summed E-state index contributed by atoms with van der Waals surface area (Å²) in [5, 5.41) is 21.9. The van der Waals surface area contributed by atoms with E-state index in [1.54, 1.807) is 24.3 Å². The molecule has 0 radical (unpaired) electrons. The Morgan fingerprint density at radius 1 is 0.900 bits per heavy atom. The quantitative estimate of drug-likeness (QED) is 0.235. The lowest BCUT2D eigenvalue weighted by atomic mass is 9.90. The van der Waals surface area contributed by atoms with Crippen molar-refractivity contribution in [2.75, 3.05) is 39.3 Å². The van der Waals surface area contributed by atoms with E-state index in [-0.39, 0.29) is 47.5 Å². The largest absolute Gasteiger partial charge is 0.507 e. The van der Waals surface area contributed by atoms with Crippen molar-refractivity contribution < 1.29 is 33.8 Å². The number of aromatic nitrogens is 3. The van der Waals surface area contributed by atoms with Gasteiger partial charge in [0.05, 0.1) is 16.8 Å². The smallest absolute Gasteiger partial charge is 0.262 e. The highest BCUT2D eigenvalue weighted by Crippen LogP contribution is 2.34. The van der Waals surface area contributed by atoms with Crippen molar-refractivity contribution >= 4 is 40.6 Å². The highest BCUT2D eigenvalue weighted by atomic mass is 16.5. The molecule has 5 amide bonds. The second-order valence-corrected chi connectivity index (χ2v) is 13.3. The van der Waals surface area contributed by atoms with Crippen LogP contribution in [0, 0.1) is 5.92 Å². The summed E-state index contributed by atoms with van der Waals surface area (Å²) < 4.78 is 5.94. The molecule has 1 unspecified atom stereocenters. The third kappa shape index (κ3) is 5.74. The molecule has 2 aromatic carbocycles. The van der Waals surface area contributed by atoms with Gasteiger partial charge in [-0.25, -0.2) is 0 Å². The fourth-order valence-corrected chi connectivity index (χ4v) is 7.34. The molecule has 14 heteroatoms. The lowest BCUT2D eigenvalue weighted by Crippen LogP contribution is -2.54. The van der Waals surface area contributed by atoms with Gasteiger partial charge in [0.25, 0.3) is 11.8 Å². The first kappa shape index (κ1) is 31.6. The van der Waals surface area contributed by atoms with E-state index in [4.69, 9.17) is 4.74 Å². The number of carbonyl (C=O) groups excluding carboxylic acids is 5. The van der Waals surface area contributed by atoms with Gasteiger partial charge in [0.2, 0.25) is 17.7 Å². The van der Waals surface area contributed by atoms with Gasteiger partial charge in [-0.15, -0.1) is 10.2 Å². The number of para-hydroxylation sites is 1. The number of piperidine rings is 2. The minimum absolute atomic E-state index is 0.0182. The van der Waals surface area contributed by atoms with Gasteiger partial charge in [-0.2, -0.15) is 0 Å². The molecule has 0 saturated carbocycles. The highest BCUT2D eigenvalue weighted by molar-refractivity contribution is 6.23. The number of imide groups is 2. The van der Waals surface area contributed by atoms with Crippen LogP contribution in [-0.2, 0) is 14.4 Å². The molecule has 256 valence electrons. The Bertz CT molecular complexity index is 2050. The Morgan fingerprint density at radius 3 is 2.46 bits per heavy atom. The van der Waals surface area contributed by atoms with Gasteiger partial charge >= 0.3 is 0 Å². The third-order valence-electron chi connectivity index (χ3n) is 10.2. The van der Waals surface area contributed by atoms with Crippen molar-refractivity contribution in [3.05, 3.63) is 71.4 Å². The molecule has 3 fully saturated rings. The second kappa shape index (κ2) is 12.7. The van der Waals surface area contributed by atoms with Gasteiger partial charge in [0.15, 0.2) is 5.65 Å². The normalized spacial score (nSPS) is 20.3. The number of hydrogen-bond acceptors (Lipinski definition) is 10. The van der Waals surface area contributed by atoms with Crippen molar-refractivity contribution in [1.29, 1.82) is 0 Å². The summed E-state index contributed by atoms with van der Waals surface area (Å²) in [6.45, 7) is 3.87. The van der Waals surface area contributed by atoms with E-state index in [1.807, 2.05) is 17.0 Å². The lowest BCUT2D eigenvalue weighted by molar-refractivity contribution is -0.141. The van der Waals surface area contributed by atoms with Crippen LogP contribution in [0.25, 0.3) is 22.3 Å². The monoisotopic (exact) mass is 677 g/mol. The van der Waals surface area contributed by atoms with Crippen molar-refractivity contribution in [2.45, 2.75) is 37.6 Å². The Balaban J connectivity index is 0.793. The van der Waals surface area contributed by atoms with Crippen LogP contribution >= 0.6 is 0 Å². The number of phenolic OH excluding ortho intramolecular Hbond substituents is 1. The number of nitrogens with one attached hydrogen (secondary N) is 2. The lowest BCUT2D eigenvalue weighted by Gasteiger charge is -2.42. The van der Waals surface area contributed by atoms with Gasteiger partial charge in [-0.05, 0) is 74.8 Å². The third-order valence-corrected chi connectivity index (χ3v) is 10.2. The fraction of sp³-hybridized carbons (Fsp3) is 0.361. The van der Waals surface area contributed by atoms with Crippen LogP contribution in [0.1, 0.15) is 58.0 Å². The summed E-state index contributed by atoms with van der Waals surface area (Å²) >= 11 is 0. The molecule has 2 aromatic heterocycles. The van der Waals surface area contributed by atoms with Crippen LogP contribution in [-0.4, -0.2) is 110 Å². The molecule has 1 atom stereocenters. The molecule has 50 heavy (non-hydrogen) atoms. The maximum atomic E-state index is 13.3. The van der Waals surface area contributed by atoms with Gasteiger partial charge in [0.1, 0.15) is 24.1 Å². The predicted octanol–water partition coefficient (Wildman–Crippen LogP) is 2.45. The zero-order valence-electron chi connectivity index (χ0n) is 27.1. The molecule has 6 heterocycles. The van der Waals surface area contributed by atoms with Crippen LogP contribution in [0.4, 0.5) is 0 Å². The molecular formula is C36H35N7O7. The maximum absolute atomic E-state index is 13.3. The van der Waals surface area contributed by atoms with Crippen LogP contribution in [0.15, 0.2) is 54.6 Å². The number of hydrogen-bond donors (Lipinski definition) is 3. The van der Waals surface area contributed by atoms with E-state index >= 15 is 0 Å². The van der Waals surface area contributed by atoms with E-state index in [2.05, 4.69) is 31.5 Å². The number of nitrogens with zero attached hydrogens (tertiary/aromatic N) is 5. The minimum atomic E-state index is -1.01. The second-order valence-electron chi connectivity index (χ2n) is 13.3. The number of rotatable bonds is 8. The number of fused-ring (bicyclic) bond motifs is 2. The number of benzene rings is 2. The number of ether oxygens (including phenoxy) is 1. The Morgan fingerprint density at radius 2 is 1.68 bits per heavy atom. The van der Waals surface area contributed by atoms with E-state index in [9.17, 15) is 29.1 Å². The fourth-order valence-electron chi connectivity index (χ4n) is 7.34. The van der Waals surface area contributed by atoms with Gasteiger partial charge in [-0.3, -0.25) is 39.1 Å². The summed E-state index contributed by atoms with van der Waals surface area (Å²) in [5.74, 6) is -1.20. The SMILES string of the molecule is O=C1CCC(N2C(=O)c3ccc(OCCN4CCC(C(=O)N5CC(c6cc7cc(-c8ccccc8O)nnc7[nH]6)C5)CC4)cc3C2=O)C(=O)N1. The standard InChI is InChI=1S/C36H35N7O7/c44-30-4-2-1-3-25(30)28-16-21-15-27(37-32(21)40-39-28)22-18-42(19-22)34(47)20-9-11-41(12-10-20)13-14-50-23-5-6-24-26(17-23)36(49)43(35(24)48)29-7-8-31(45)38-33(29)46/h1-6,15-17,20,22,29,44H,7-14,18-19H2,(H,37,40)(H,38,45,46). The molecule has 4 aliphatic heterocycles. The molecule has 14 nitrogen and oxygen atoms in total. The first-order chi connectivity index (χ1) is 24.2. The molecule has 0 bridgehead atoms. The molecule has 3 N–H and O–H groups in total. The molecule has 4 aliphatic rings. The van der Waals surface area contributed by atoms with Crippen LogP contribution in [0.3, 0.4) is 0 Å². The van der Waals surface area contributed by atoms with Gasteiger partial charge in [0, 0.05) is 54.5 Å². The van der Waals surface area contributed by atoms with E-state index < -0.39 is 29.7 Å². The molecular weight excluding hydrogens is 642 g/mol. The summed E-state index contributed by atoms with van der Waals surface area (Å²) in [6.07, 6.45) is 1.70. The Hall–Kier alpha value is -5.63. The first-order valence-corrected chi connectivity index (χ1v) is 16.9. The van der Waals surface area contributed by atoms with Crippen molar-refractivity contribution in [3.63, 3.8) is 0 Å². The zero-order valence-corrected chi connectivity index (χ0v) is 27.1. The number of phenols is 1. The van der Waals surface area contributed by atoms with Gasteiger partial charge in [-0.1, -0.05) is 12.1 Å². The number of H-pyrrole nitrogens is 1. The number of likely N-dealkylation sites (tertiary alicyclic amines) is 2. The predicted molar refractivity (Wildman–Crippen MR) is 178 cm³/mol. The van der Waals surface area contributed by atoms with Gasteiger partial charge < -0.3 is 19.7 Å². The number of aromatic amines is 1. The molecule has 4 aromatic rings. The molecule has 8 rings (SSSR count). The summed E-state index contributed by atoms with van der Waals surface area (Å²) in [5.41, 5.74) is 3.32. The van der Waals surface area contributed by atoms with Crippen LogP contribution in [0.5, 0.6) is 11.5 Å². The summed E-state index contributed by atoms with van der Waals surface area (Å²) in [4.78, 5) is 71.6. The number of aromatic hydroxyl groups is 1. The number of carbonyl (C=O) groups is 5. The first-order valence-electron chi connectivity index (χ1n) is 16.9. The molecule has 0 spiro atoms. The Labute approximate surface area is 286 Å². The highest BCUT2D eigenvalue weighted by Gasteiger charge is 2.45. The minimum Gasteiger partial charge on any atom is -0.507 e. The average Bonchev–Trinajstić information content (AvgIpc) is 3.61. The van der Waals surface area contributed by atoms with Crippen molar-refractivity contribution in [2.24, 2.45) is 5.92 Å². The average molecular weight is 678 g/mol. The van der Waals surface area contributed by atoms with Crippen molar-refractivity contribution in [3.8, 4) is 22.8 Å². The molecule has 0 aliphatic carbocycles. The van der Waals surface area contributed by atoms with Crippen molar-refractivity contribution in [1.82, 2.24) is 35.2 Å². The summed E-state index contributed by atoms with van der Waals surface area (Å²) in [7, 11) is 0. The Kier molecular flexibility index (Phi) is 8.02. The van der Waals surface area contributed by atoms with Crippen LogP contribution < -0.4 is 10.1 Å². The molecule has 3 saturated heterocycles. The van der Waals surface area contributed by atoms with E-state index in [1.165, 1.54) is 12.1 Å². The number of amides is 5. The summed E-state index contributed by atoms with van der Waals surface area (Å²) in [6, 6.07) is 14.7. The van der Waals surface area contributed by atoms with E-state index in [0.29, 0.717) is 48.9 Å². The topological polar surface area (TPSA) is 178 Å². The maximum Gasteiger partial charge on any atom is 0.262 e. The van der Waals surface area contributed by atoms with Crippen LogP contribution in [0.2, 0.25) is 0 Å².